The fourth-order valence-electron chi connectivity index (χ4n) is 1.73. The van der Waals surface area contributed by atoms with Crippen LogP contribution in [-0.4, -0.2) is 50.1 Å². The molecular weight excluding hydrogens is 296 g/mol. The molecular formula is C13H26N2O5S. The summed E-state index contributed by atoms with van der Waals surface area (Å²) < 4.78 is 22.5. The van der Waals surface area contributed by atoms with Gasteiger partial charge in [0.15, 0.2) is 9.84 Å². The zero-order chi connectivity index (χ0) is 16.7. The third-order valence-electron chi connectivity index (χ3n) is 2.86. The number of carbonyl (C=O) groups excluding carboxylic acids is 1. The van der Waals surface area contributed by atoms with Crippen molar-refractivity contribution in [2.75, 3.05) is 24.6 Å². The van der Waals surface area contributed by atoms with Crippen LogP contribution in [0.4, 0.5) is 4.79 Å². The highest BCUT2D eigenvalue weighted by Crippen LogP contribution is 2.24. The normalized spacial score (nSPS) is 13.5. The summed E-state index contributed by atoms with van der Waals surface area (Å²) in [5, 5.41) is 14.0. The van der Waals surface area contributed by atoms with Crippen molar-refractivity contribution in [1.82, 2.24) is 10.6 Å². The molecule has 0 aliphatic carbocycles. The van der Waals surface area contributed by atoms with Crippen molar-refractivity contribution in [2.24, 2.45) is 11.3 Å². The number of amides is 2. The number of nitrogens with one attached hydrogen (secondary N) is 2. The van der Waals surface area contributed by atoms with Gasteiger partial charge in [0.2, 0.25) is 0 Å². The van der Waals surface area contributed by atoms with Gasteiger partial charge in [0.1, 0.15) is 0 Å². The summed E-state index contributed by atoms with van der Waals surface area (Å²) in [4.78, 5) is 22.6. The lowest BCUT2D eigenvalue weighted by molar-refractivity contribution is -0.142. The predicted molar refractivity (Wildman–Crippen MR) is 80.9 cm³/mol. The van der Waals surface area contributed by atoms with E-state index in [9.17, 15) is 18.0 Å². The summed E-state index contributed by atoms with van der Waals surface area (Å²) in [6.07, 6.45) is 0.437. The third kappa shape index (κ3) is 10.1. The smallest absolute Gasteiger partial charge is 0.314 e. The average Bonchev–Trinajstić information content (AvgIpc) is 2.32. The summed E-state index contributed by atoms with van der Waals surface area (Å²) in [7, 11) is -3.12. The average molecular weight is 322 g/mol. The SMILES string of the molecule is CCS(=O)(=O)CCNC(=O)NCC(CC(C)(C)C)C(=O)O. The molecule has 1 atom stereocenters. The Morgan fingerprint density at radius 2 is 1.76 bits per heavy atom. The lowest BCUT2D eigenvalue weighted by Gasteiger charge is -2.23. The van der Waals surface area contributed by atoms with Gasteiger partial charge in [-0.3, -0.25) is 4.79 Å². The van der Waals surface area contributed by atoms with Crippen LogP contribution in [0.1, 0.15) is 34.1 Å². The van der Waals surface area contributed by atoms with E-state index in [0.717, 1.165) is 0 Å². The summed E-state index contributed by atoms with van der Waals surface area (Å²) in [6, 6.07) is -0.554. The maximum absolute atomic E-state index is 11.5. The van der Waals surface area contributed by atoms with Crippen LogP contribution in [0.5, 0.6) is 0 Å². The fraction of sp³-hybridized carbons (Fsp3) is 0.846. The molecule has 3 N–H and O–H groups in total. The van der Waals surface area contributed by atoms with Crippen molar-refractivity contribution in [1.29, 1.82) is 0 Å². The highest BCUT2D eigenvalue weighted by molar-refractivity contribution is 7.91. The van der Waals surface area contributed by atoms with E-state index in [-0.39, 0.29) is 30.0 Å². The van der Waals surface area contributed by atoms with E-state index in [2.05, 4.69) is 10.6 Å². The highest BCUT2D eigenvalue weighted by Gasteiger charge is 2.24. The first-order chi connectivity index (χ1) is 9.47. The first kappa shape index (κ1) is 19.7. The van der Waals surface area contributed by atoms with Crippen molar-refractivity contribution in [3.05, 3.63) is 0 Å². The third-order valence-corrected chi connectivity index (χ3v) is 4.56. The molecule has 0 spiro atoms. The molecule has 0 heterocycles. The van der Waals surface area contributed by atoms with E-state index in [0.29, 0.717) is 6.42 Å². The monoisotopic (exact) mass is 322 g/mol. The first-order valence-electron chi connectivity index (χ1n) is 6.92. The fourth-order valence-corrected chi connectivity index (χ4v) is 2.43. The Hall–Kier alpha value is -1.31. The Kier molecular flexibility index (Phi) is 7.70. The number of carboxylic acids is 1. The lowest BCUT2D eigenvalue weighted by atomic mass is 9.84. The zero-order valence-corrected chi connectivity index (χ0v) is 13.9. The van der Waals surface area contributed by atoms with Crippen molar-refractivity contribution < 1.29 is 23.1 Å². The van der Waals surface area contributed by atoms with E-state index in [1.807, 2.05) is 20.8 Å². The van der Waals surface area contributed by atoms with Gasteiger partial charge >= 0.3 is 12.0 Å². The second-order valence-corrected chi connectivity index (χ2v) is 8.65. The van der Waals surface area contributed by atoms with Crippen LogP contribution in [0.2, 0.25) is 0 Å². The number of sulfone groups is 1. The van der Waals surface area contributed by atoms with Crippen molar-refractivity contribution in [2.45, 2.75) is 34.1 Å². The van der Waals surface area contributed by atoms with Crippen LogP contribution >= 0.6 is 0 Å². The van der Waals surface area contributed by atoms with Gasteiger partial charge in [-0.15, -0.1) is 0 Å². The van der Waals surface area contributed by atoms with Gasteiger partial charge in [0, 0.05) is 18.8 Å². The van der Waals surface area contributed by atoms with Gasteiger partial charge < -0.3 is 15.7 Å². The Bertz CT molecular complexity index is 454. The molecule has 7 nitrogen and oxygen atoms in total. The molecule has 0 aliphatic heterocycles. The molecule has 0 fully saturated rings. The lowest BCUT2D eigenvalue weighted by Crippen LogP contribution is -2.42. The predicted octanol–water partition coefficient (Wildman–Crippen LogP) is 0.857. The van der Waals surface area contributed by atoms with Gasteiger partial charge in [0.05, 0.1) is 11.7 Å². The molecule has 0 aromatic rings. The summed E-state index contributed by atoms with van der Waals surface area (Å²) >= 11 is 0. The van der Waals surface area contributed by atoms with Crippen LogP contribution in [0.25, 0.3) is 0 Å². The van der Waals surface area contributed by atoms with Gasteiger partial charge in [-0.25, -0.2) is 13.2 Å². The van der Waals surface area contributed by atoms with Crippen LogP contribution in [0, 0.1) is 11.3 Å². The molecule has 1 unspecified atom stereocenters. The number of hydrogen-bond acceptors (Lipinski definition) is 4. The second kappa shape index (κ2) is 8.21. The number of urea groups is 1. The van der Waals surface area contributed by atoms with E-state index in [4.69, 9.17) is 5.11 Å². The van der Waals surface area contributed by atoms with Gasteiger partial charge in [0.25, 0.3) is 0 Å². The highest BCUT2D eigenvalue weighted by atomic mass is 32.2. The molecule has 2 amide bonds. The number of carboxylic acid groups (broad SMARTS) is 1. The Morgan fingerprint density at radius 1 is 1.19 bits per heavy atom. The van der Waals surface area contributed by atoms with Crippen LogP contribution in [0.15, 0.2) is 0 Å². The van der Waals surface area contributed by atoms with E-state index < -0.39 is 27.8 Å². The van der Waals surface area contributed by atoms with Crippen LogP contribution in [-0.2, 0) is 14.6 Å². The molecule has 0 rings (SSSR count). The molecule has 0 bridgehead atoms. The molecule has 0 saturated heterocycles. The molecule has 124 valence electrons. The standard InChI is InChI=1S/C13H26N2O5S/c1-5-21(19,20)7-6-14-12(18)15-9-10(11(16)17)8-13(2,3)4/h10H,5-9H2,1-4H3,(H,16,17)(H2,14,15,18). The molecule has 21 heavy (non-hydrogen) atoms. The van der Waals surface area contributed by atoms with Gasteiger partial charge in [-0.2, -0.15) is 0 Å². The van der Waals surface area contributed by atoms with Gasteiger partial charge in [-0.1, -0.05) is 27.7 Å². The maximum Gasteiger partial charge on any atom is 0.314 e. The number of aliphatic carboxylic acids is 1. The molecule has 0 saturated carbocycles. The molecule has 0 radical (unpaired) electrons. The molecule has 0 aromatic carbocycles. The second-order valence-electron chi connectivity index (χ2n) is 6.17. The minimum absolute atomic E-state index is 0.0129. The quantitative estimate of drug-likeness (QED) is 0.613. The maximum atomic E-state index is 11.5. The number of carbonyl (C=O) groups is 2. The molecule has 8 heteroatoms. The number of hydrogen-bond donors (Lipinski definition) is 3. The Morgan fingerprint density at radius 3 is 2.19 bits per heavy atom. The summed E-state index contributed by atoms with van der Waals surface area (Å²) in [5.74, 6) is -1.72. The van der Waals surface area contributed by atoms with Gasteiger partial charge in [-0.05, 0) is 11.8 Å². The number of rotatable bonds is 8. The van der Waals surface area contributed by atoms with Crippen molar-refractivity contribution >= 4 is 21.8 Å². The van der Waals surface area contributed by atoms with Crippen molar-refractivity contribution in [3.8, 4) is 0 Å². The molecule has 0 aliphatic rings. The first-order valence-corrected chi connectivity index (χ1v) is 8.74. The van der Waals surface area contributed by atoms with Crippen molar-refractivity contribution in [3.63, 3.8) is 0 Å². The van der Waals surface area contributed by atoms with Crippen LogP contribution in [0.3, 0.4) is 0 Å². The summed E-state index contributed by atoms with van der Waals surface area (Å²) in [6.45, 7) is 7.35. The Labute approximate surface area is 126 Å². The topological polar surface area (TPSA) is 113 Å². The largest absolute Gasteiger partial charge is 0.481 e. The van der Waals surface area contributed by atoms with E-state index in [1.54, 1.807) is 6.92 Å². The molecule has 0 aromatic heterocycles. The zero-order valence-electron chi connectivity index (χ0n) is 13.1. The minimum atomic E-state index is -3.12. The van der Waals surface area contributed by atoms with E-state index >= 15 is 0 Å². The van der Waals surface area contributed by atoms with Crippen LogP contribution < -0.4 is 10.6 Å². The van der Waals surface area contributed by atoms with E-state index in [1.165, 1.54) is 0 Å². The summed E-state index contributed by atoms with van der Waals surface area (Å²) in [5.41, 5.74) is -0.156. The Balaban J connectivity index is 4.18. The minimum Gasteiger partial charge on any atom is -0.481 e.